The molecular weight excluding hydrogens is 250 g/mol. The first-order chi connectivity index (χ1) is 9.61. The van der Waals surface area contributed by atoms with Crippen molar-refractivity contribution >= 4 is 0 Å². The normalized spacial score (nSPS) is 11.1. The van der Waals surface area contributed by atoms with E-state index in [1.165, 1.54) is 5.56 Å². The lowest BCUT2D eigenvalue weighted by molar-refractivity contribution is 0.284. The number of ether oxygens (including phenoxy) is 1. The molecule has 4 nitrogen and oxygen atoms in total. The van der Waals surface area contributed by atoms with Crippen LogP contribution in [0.3, 0.4) is 0 Å². The molecule has 20 heavy (non-hydrogen) atoms. The van der Waals surface area contributed by atoms with Crippen molar-refractivity contribution in [1.82, 2.24) is 14.8 Å². The lowest BCUT2D eigenvalue weighted by atomic mass is 10.0. The fourth-order valence-electron chi connectivity index (χ4n) is 2.07. The number of hydrogen-bond acceptors (Lipinski definition) is 3. The number of rotatable bonds is 6. The van der Waals surface area contributed by atoms with Gasteiger partial charge < -0.3 is 4.74 Å². The van der Waals surface area contributed by atoms with Gasteiger partial charge >= 0.3 is 0 Å². The lowest BCUT2D eigenvalue weighted by Gasteiger charge is -2.13. The van der Waals surface area contributed by atoms with Crippen LogP contribution in [0.15, 0.2) is 24.5 Å². The molecule has 4 heteroatoms. The van der Waals surface area contributed by atoms with Gasteiger partial charge in [0.15, 0.2) is 5.82 Å². The van der Waals surface area contributed by atoms with Crippen molar-refractivity contribution in [2.75, 3.05) is 0 Å². The number of aryl methyl sites for hydroxylation is 2. The van der Waals surface area contributed by atoms with Gasteiger partial charge in [-0.05, 0) is 36.5 Å². The van der Waals surface area contributed by atoms with E-state index in [9.17, 15) is 0 Å². The van der Waals surface area contributed by atoms with Crippen molar-refractivity contribution in [3.8, 4) is 5.75 Å². The van der Waals surface area contributed by atoms with Crippen molar-refractivity contribution < 1.29 is 4.74 Å². The van der Waals surface area contributed by atoms with E-state index in [-0.39, 0.29) is 0 Å². The highest BCUT2D eigenvalue weighted by molar-refractivity contribution is 5.37. The van der Waals surface area contributed by atoms with E-state index in [1.54, 1.807) is 6.33 Å². The third-order valence-corrected chi connectivity index (χ3v) is 3.37. The molecule has 1 aromatic carbocycles. The molecule has 2 aromatic rings. The second-order valence-corrected chi connectivity index (χ2v) is 5.37. The molecule has 0 unspecified atom stereocenters. The predicted octanol–water partition coefficient (Wildman–Crippen LogP) is 3.70. The molecule has 0 aliphatic rings. The summed E-state index contributed by atoms with van der Waals surface area (Å²) in [5, 5.41) is 4.21. The van der Waals surface area contributed by atoms with Gasteiger partial charge in [-0.1, -0.05) is 32.9 Å². The van der Waals surface area contributed by atoms with Crippen molar-refractivity contribution in [3.05, 3.63) is 41.5 Å². The first-order valence-electron chi connectivity index (χ1n) is 7.21. The number of benzene rings is 1. The Balaban J connectivity index is 2.10. The van der Waals surface area contributed by atoms with Gasteiger partial charge in [0.2, 0.25) is 0 Å². The first kappa shape index (κ1) is 14.6. The maximum atomic E-state index is 5.94. The van der Waals surface area contributed by atoms with Crippen LogP contribution in [0.25, 0.3) is 0 Å². The zero-order valence-electron chi connectivity index (χ0n) is 12.8. The van der Waals surface area contributed by atoms with Crippen LogP contribution >= 0.6 is 0 Å². The molecular formula is C16H23N3O. The molecule has 0 amide bonds. The maximum Gasteiger partial charge on any atom is 0.164 e. The van der Waals surface area contributed by atoms with E-state index in [2.05, 4.69) is 56.0 Å². The molecule has 2 rings (SSSR count). The minimum absolute atomic E-state index is 0.461. The Kier molecular flexibility index (Phi) is 4.77. The van der Waals surface area contributed by atoms with E-state index >= 15 is 0 Å². The Morgan fingerprint density at radius 3 is 2.80 bits per heavy atom. The molecule has 0 saturated carbocycles. The SMILES string of the molecule is CCCn1ncnc1COc1cc(C(C)C)ccc1C. The van der Waals surface area contributed by atoms with E-state index < -0.39 is 0 Å². The summed E-state index contributed by atoms with van der Waals surface area (Å²) in [6.07, 6.45) is 2.63. The summed E-state index contributed by atoms with van der Waals surface area (Å²) in [7, 11) is 0. The number of aromatic nitrogens is 3. The van der Waals surface area contributed by atoms with Gasteiger partial charge in [-0.3, -0.25) is 0 Å². The molecule has 0 bridgehead atoms. The third-order valence-electron chi connectivity index (χ3n) is 3.37. The zero-order chi connectivity index (χ0) is 14.5. The lowest BCUT2D eigenvalue weighted by Crippen LogP contribution is -2.09. The third kappa shape index (κ3) is 3.38. The fraction of sp³-hybridized carbons (Fsp3) is 0.500. The van der Waals surface area contributed by atoms with Gasteiger partial charge in [0, 0.05) is 6.54 Å². The van der Waals surface area contributed by atoms with Crippen molar-refractivity contribution in [2.24, 2.45) is 0 Å². The number of nitrogens with zero attached hydrogens (tertiary/aromatic N) is 3. The minimum atomic E-state index is 0.461. The van der Waals surface area contributed by atoms with E-state index in [0.717, 1.165) is 30.1 Å². The topological polar surface area (TPSA) is 39.9 Å². The van der Waals surface area contributed by atoms with Crippen LogP contribution in [0.1, 0.15) is 50.1 Å². The van der Waals surface area contributed by atoms with E-state index in [4.69, 9.17) is 4.74 Å². The molecule has 0 saturated heterocycles. The fourth-order valence-corrected chi connectivity index (χ4v) is 2.07. The van der Waals surface area contributed by atoms with Crippen molar-refractivity contribution in [1.29, 1.82) is 0 Å². The van der Waals surface area contributed by atoms with Gasteiger partial charge in [-0.15, -0.1) is 0 Å². The molecule has 0 radical (unpaired) electrons. The Bertz CT molecular complexity index is 561. The average Bonchev–Trinajstić information content (AvgIpc) is 2.85. The Morgan fingerprint density at radius 2 is 2.10 bits per heavy atom. The smallest absolute Gasteiger partial charge is 0.164 e. The van der Waals surface area contributed by atoms with Crippen LogP contribution in [0.4, 0.5) is 0 Å². The zero-order valence-corrected chi connectivity index (χ0v) is 12.8. The summed E-state index contributed by atoms with van der Waals surface area (Å²) in [6.45, 7) is 9.91. The summed E-state index contributed by atoms with van der Waals surface area (Å²) in [5.74, 6) is 2.31. The molecule has 108 valence electrons. The largest absolute Gasteiger partial charge is 0.485 e. The second kappa shape index (κ2) is 6.55. The van der Waals surface area contributed by atoms with Gasteiger partial charge in [0.25, 0.3) is 0 Å². The van der Waals surface area contributed by atoms with Crippen LogP contribution in [-0.2, 0) is 13.2 Å². The summed E-state index contributed by atoms with van der Waals surface area (Å²) in [6, 6.07) is 6.40. The summed E-state index contributed by atoms with van der Waals surface area (Å²) in [5.41, 5.74) is 2.44. The summed E-state index contributed by atoms with van der Waals surface area (Å²) in [4.78, 5) is 4.26. The molecule has 0 aliphatic heterocycles. The highest BCUT2D eigenvalue weighted by Crippen LogP contribution is 2.24. The maximum absolute atomic E-state index is 5.94. The number of hydrogen-bond donors (Lipinski definition) is 0. The van der Waals surface area contributed by atoms with Crippen molar-refractivity contribution in [3.63, 3.8) is 0 Å². The Morgan fingerprint density at radius 1 is 1.30 bits per heavy atom. The average molecular weight is 273 g/mol. The highest BCUT2D eigenvalue weighted by Gasteiger charge is 2.08. The molecule has 0 N–H and O–H groups in total. The monoisotopic (exact) mass is 273 g/mol. The Labute approximate surface area is 120 Å². The second-order valence-electron chi connectivity index (χ2n) is 5.37. The standard InChI is InChI=1S/C16H23N3O/c1-5-8-19-16(17-11-18-19)10-20-15-9-14(12(2)3)7-6-13(15)4/h6-7,9,11-12H,5,8,10H2,1-4H3. The highest BCUT2D eigenvalue weighted by atomic mass is 16.5. The minimum Gasteiger partial charge on any atom is -0.485 e. The predicted molar refractivity (Wildman–Crippen MR) is 79.9 cm³/mol. The molecule has 1 aromatic heterocycles. The van der Waals surface area contributed by atoms with E-state index in [0.29, 0.717) is 12.5 Å². The molecule has 0 aliphatic carbocycles. The van der Waals surface area contributed by atoms with Crippen molar-refractivity contribution in [2.45, 2.75) is 53.2 Å². The van der Waals surface area contributed by atoms with E-state index in [1.807, 2.05) is 4.68 Å². The molecule has 0 atom stereocenters. The Hall–Kier alpha value is -1.84. The molecule has 0 spiro atoms. The van der Waals surface area contributed by atoms with Crippen LogP contribution in [-0.4, -0.2) is 14.8 Å². The quantitative estimate of drug-likeness (QED) is 0.805. The first-order valence-corrected chi connectivity index (χ1v) is 7.21. The van der Waals surface area contributed by atoms with Crippen LogP contribution in [0, 0.1) is 6.92 Å². The molecule has 0 fully saturated rings. The van der Waals surface area contributed by atoms with Crippen LogP contribution in [0.2, 0.25) is 0 Å². The summed E-state index contributed by atoms with van der Waals surface area (Å²) < 4.78 is 7.84. The van der Waals surface area contributed by atoms with Gasteiger partial charge in [0.05, 0.1) is 0 Å². The van der Waals surface area contributed by atoms with Gasteiger partial charge in [0.1, 0.15) is 18.7 Å². The van der Waals surface area contributed by atoms with Crippen LogP contribution in [0.5, 0.6) is 5.75 Å². The van der Waals surface area contributed by atoms with Gasteiger partial charge in [-0.2, -0.15) is 5.10 Å². The molecule has 1 heterocycles. The van der Waals surface area contributed by atoms with Crippen LogP contribution < -0.4 is 4.74 Å². The van der Waals surface area contributed by atoms with Gasteiger partial charge in [-0.25, -0.2) is 9.67 Å². The summed E-state index contributed by atoms with van der Waals surface area (Å²) >= 11 is 0.